The quantitative estimate of drug-likeness (QED) is 0.772. The number of aliphatic imine (C=N–C) groups is 1. The molecule has 3 aliphatic rings. The summed E-state index contributed by atoms with van der Waals surface area (Å²) in [6.07, 6.45) is 2.45. The van der Waals surface area contributed by atoms with E-state index < -0.39 is 0 Å². The number of ether oxygens (including phenoxy) is 1. The van der Waals surface area contributed by atoms with Gasteiger partial charge in [0.15, 0.2) is 0 Å². The van der Waals surface area contributed by atoms with Crippen LogP contribution in [0.5, 0.6) is 0 Å². The predicted octanol–water partition coefficient (Wildman–Crippen LogP) is 4.67. The summed E-state index contributed by atoms with van der Waals surface area (Å²) in [6.45, 7) is 6.62. The van der Waals surface area contributed by atoms with Gasteiger partial charge in [0.1, 0.15) is 0 Å². The molecule has 22 heavy (non-hydrogen) atoms. The van der Waals surface area contributed by atoms with E-state index in [0.29, 0.717) is 18.9 Å². The van der Waals surface area contributed by atoms with Crippen LogP contribution >= 0.6 is 0 Å². The zero-order chi connectivity index (χ0) is 15.7. The van der Waals surface area contributed by atoms with Crippen molar-refractivity contribution in [3.63, 3.8) is 0 Å². The first-order valence-electron chi connectivity index (χ1n) is 7.87. The first kappa shape index (κ1) is 14.8. The number of carbonyl (C=O) groups is 1. The van der Waals surface area contributed by atoms with Crippen molar-refractivity contribution in [2.75, 3.05) is 6.61 Å². The van der Waals surface area contributed by atoms with Crippen LogP contribution in [-0.4, -0.2) is 18.8 Å². The first-order valence-corrected chi connectivity index (χ1v) is 7.87. The Bertz CT molecular complexity index is 703. The molecular formula is C19H21NO2. The summed E-state index contributed by atoms with van der Waals surface area (Å²) < 4.78 is 5.20. The number of fused-ring (bicyclic) bond motifs is 3. The zero-order valence-corrected chi connectivity index (χ0v) is 13.3. The van der Waals surface area contributed by atoms with E-state index in [1.165, 1.54) is 5.56 Å². The average Bonchev–Trinajstić information content (AvgIpc) is 2.71. The van der Waals surface area contributed by atoms with Gasteiger partial charge in [-0.25, -0.2) is 0 Å². The molecular weight excluding hydrogens is 274 g/mol. The third-order valence-electron chi connectivity index (χ3n) is 4.22. The molecule has 0 amide bonds. The Morgan fingerprint density at radius 3 is 2.82 bits per heavy atom. The summed E-state index contributed by atoms with van der Waals surface area (Å²) >= 11 is 0. The van der Waals surface area contributed by atoms with Gasteiger partial charge in [-0.1, -0.05) is 38.1 Å². The first-order chi connectivity index (χ1) is 10.6. The Labute approximate surface area is 131 Å². The Kier molecular flexibility index (Phi) is 3.97. The lowest BCUT2D eigenvalue weighted by Crippen LogP contribution is -2.17. The number of hydrogen-bond donors (Lipinski definition) is 0. The van der Waals surface area contributed by atoms with E-state index >= 15 is 0 Å². The minimum atomic E-state index is -0.227. The van der Waals surface area contributed by atoms with E-state index in [9.17, 15) is 4.79 Å². The van der Waals surface area contributed by atoms with Crippen molar-refractivity contribution in [3.05, 3.63) is 41.5 Å². The van der Waals surface area contributed by atoms with E-state index in [2.05, 4.69) is 49.2 Å². The van der Waals surface area contributed by atoms with Gasteiger partial charge >= 0.3 is 5.97 Å². The summed E-state index contributed by atoms with van der Waals surface area (Å²) in [7, 11) is 0. The normalized spacial score (nSPS) is 16.8. The molecule has 2 aliphatic carbocycles. The minimum absolute atomic E-state index is 0.155. The van der Waals surface area contributed by atoms with Gasteiger partial charge in [-0.2, -0.15) is 0 Å². The number of esters is 1. The van der Waals surface area contributed by atoms with Crippen molar-refractivity contribution in [2.24, 2.45) is 4.99 Å². The second-order valence-electron chi connectivity index (χ2n) is 5.99. The maximum absolute atomic E-state index is 12.2. The molecule has 0 spiro atoms. The molecule has 3 rings (SSSR count). The highest BCUT2D eigenvalue weighted by molar-refractivity contribution is 5.94. The summed E-state index contributed by atoms with van der Waals surface area (Å²) in [5.41, 5.74) is 5.45. The van der Waals surface area contributed by atoms with Crippen LogP contribution < -0.4 is 0 Å². The van der Waals surface area contributed by atoms with Gasteiger partial charge in [0.25, 0.3) is 0 Å². The van der Waals surface area contributed by atoms with E-state index in [0.717, 1.165) is 22.4 Å². The number of carbonyl (C=O) groups excluding carboxylic acids is 1. The Hall–Kier alpha value is -2.16. The Balaban J connectivity index is 2.08. The number of rotatable bonds is 3. The van der Waals surface area contributed by atoms with Crippen molar-refractivity contribution in [1.29, 1.82) is 0 Å². The summed E-state index contributed by atoms with van der Waals surface area (Å²) in [5.74, 6) is 0.107. The van der Waals surface area contributed by atoms with Crippen LogP contribution in [0, 0.1) is 0 Å². The molecule has 0 aromatic rings. The lowest BCUT2D eigenvalue weighted by atomic mass is 9.95. The molecule has 0 saturated heterocycles. The fourth-order valence-electron chi connectivity index (χ4n) is 2.98. The average molecular weight is 295 g/mol. The molecule has 0 aromatic carbocycles. The molecule has 0 radical (unpaired) electrons. The van der Waals surface area contributed by atoms with Gasteiger partial charge in [0.2, 0.25) is 0 Å². The third-order valence-corrected chi connectivity index (χ3v) is 4.22. The van der Waals surface area contributed by atoms with Crippen LogP contribution in [0.1, 0.15) is 50.2 Å². The Morgan fingerprint density at radius 1 is 1.32 bits per heavy atom. The van der Waals surface area contributed by atoms with Crippen LogP contribution in [0.25, 0.3) is 11.1 Å². The summed E-state index contributed by atoms with van der Waals surface area (Å²) in [4.78, 5) is 16.7. The van der Waals surface area contributed by atoms with Crippen LogP contribution in [-0.2, 0) is 9.53 Å². The van der Waals surface area contributed by atoms with Crippen molar-refractivity contribution >= 4 is 17.9 Å². The van der Waals surface area contributed by atoms with E-state index in [1.54, 1.807) is 0 Å². The van der Waals surface area contributed by atoms with Gasteiger partial charge < -0.3 is 4.74 Å². The zero-order valence-electron chi connectivity index (χ0n) is 13.3. The second-order valence-corrected chi connectivity index (χ2v) is 5.99. The van der Waals surface area contributed by atoms with Gasteiger partial charge in [-0.05, 0) is 35.6 Å². The topological polar surface area (TPSA) is 38.7 Å². The summed E-state index contributed by atoms with van der Waals surface area (Å²) in [6, 6.07) is 10.6. The van der Waals surface area contributed by atoms with Gasteiger partial charge in [0.05, 0.1) is 18.2 Å². The second kappa shape index (κ2) is 5.91. The van der Waals surface area contributed by atoms with E-state index in [4.69, 9.17) is 4.74 Å². The van der Waals surface area contributed by atoms with Crippen LogP contribution in [0.2, 0.25) is 0 Å². The molecule has 0 N–H and O–H groups in total. The molecule has 0 fully saturated rings. The molecule has 114 valence electrons. The molecule has 0 aromatic heterocycles. The van der Waals surface area contributed by atoms with Gasteiger partial charge in [0, 0.05) is 18.2 Å². The van der Waals surface area contributed by atoms with E-state index in [1.807, 2.05) is 13.1 Å². The standard InChI is InChI=1S/C19H21NO2/c1-4-22-19(21)16-9-10-20-18-15-8-7-13(12(2)3)5-6-14(15)11-17(16)18/h5-8,10-12,16H,4,9H2,1-3H3. The lowest BCUT2D eigenvalue weighted by Gasteiger charge is -2.16. The smallest absolute Gasteiger partial charge is 0.313 e. The SMILES string of the molecule is CCOC(=O)C1CC=Nc2c3ccc(C(C)C)ccc-3cc21. The molecule has 3 nitrogen and oxygen atoms in total. The molecule has 1 unspecified atom stereocenters. The highest BCUT2D eigenvalue weighted by atomic mass is 16.5. The van der Waals surface area contributed by atoms with Crippen molar-refractivity contribution in [3.8, 4) is 11.1 Å². The fraction of sp³-hybridized carbons (Fsp3) is 0.368. The monoisotopic (exact) mass is 295 g/mol. The molecule has 0 bridgehead atoms. The lowest BCUT2D eigenvalue weighted by molar-refractivity contribution is -0.144. The molecule has 0 saturated carbocycles. The number of nitrogens with zero attached hydrogens (tertiary/aromatic N) is 1. The Morgan fingerprint density at radius 2 is 2.09 bits per heavy atom. The largest absolute Gasteiger partial charge is 0.466 e. The van der Waals surface area contributed by atoms with E-state index in [-0.39, 0.29) is 11.9 Å². The van der Waals surface area contributed by atoms with Crippen molar-refractivity contribution < 1.29 is 9.53 Å². The molecule has 3 heteroatoms. The van der Waals surface area contributed by atoms with Crippen LogP contribution in [0.4, 0.5) is 5.69 Å². The number of hydrogen-bond acceptors (Lipinski definition) is 3. The highest BCUT2D eigenvalue weighted by Crippen LogP contribution is 2.45. The molecule has 1 aliphatic heterocycles. The highest BCUT2D eigenvalue weighted by Gasteiger charge is 2.30. The maximum Gasteiger partial charge on any atom is 0.313 e. The molecule has 1 atom stereocenters. The van der Waals surface area contributed by atoms with Crippen LogP contribution in [0.3, 0.4) is 0 Å². The summed E-state index contributed by atoms with van der Waals surface area (Å²) in [5, 5.41) is 0. The molecule has 1 heterocycles. The maximum atomic E-state index is 12.2. The minimum Gasteiger partial charge on any atom is -0.466 e. The third kappa shape index (κ3) is 2.52. The van der Waals surface area contributed by atoms with Crippen molar-refractivity contribution in [1.82, 2.24) is 0 Å². The van der Waals surface area contributed by atoms with Gasteiger partial charge in [-0.3, -0.25) is 9.79 Å². The van der Waals surface area contributed by atoms with Crippen molar-refractivity contribution in [2.45, 2.75) is 39.0 Å². The van der Waals surface area contributed by atoms with Gasteiger partial charge in [-0.15, -0.1) is 0 Å². The fourth-order valence-corrected chi connectivity index (χ4v) is 2.98. The predicted molar refractivity (Wildman–Crippen MR) is 89.3 cm³/mol. The van der Waals surface area contributed by atoms with Crippen LogP contribution in [0.15, 0.2) is 35.3 Å².